The Balaban J connectivity index is 2.80. The van der Waals surface area contributed by atoms with Crippen LogP contribution in [0.25, 0.3) is 6.08 Å². The van der Waals surface area contributed by atoms with E-state index in [-0.39, 0.29) is 11.3 Å². The van der Waals surface area contributed by atoms with Crippen molar-refractivity contribution in [2.75, 3.05) is 6.61 Å². The number of hydrogen-bond acceptors (Lipinski definition) is 5. The highest BCUT2D eigenvalue weighted by Crippen LogP contribution is 2.18. The fourth-order valence-corrected chi connectivity index (χ4v) is 1.37. The number of rotatable bonds is 6. The summed E-state index contributed by atoms with van der Waals surface area (Å²) in [4.78, 5) is 32.2. The molecule has 0 heterocycles. The van der Waals surface area contributed by atoms with Gasteiger partial charge in [-0.2, -0.15) is 0 Å². The minimum Gasteiger partial charge on any atom is -0.480 e. The summed E-state index contributed by atoms with van der Waals surface area (Å²) >= 11 is 0. The van der Waals surface area contributed by atoms with Gasteiger partial charge in [-0.05, 0) is 12.1 Å². The molecule has 0 aromatic heterocycles. The summed E-state index contributed by atoms with van der Waals surface area (Å²) in [6.45, 7) is -0.750. The van der Waals surface area contributed by atoms with E-state index in [1.807, 2.05) is 5.32 Å². The summed E-state index contributed by atoms with van der Waals surface area (Å²) in [5.41, 5.74) is 0.0389. The number of carbonyl (C=O) groups is 2. The molecule has 1 amide bonds. The Labute approximate surface area is 113 Å². The van der Waals surface area contributed by atoms with Gasteiger partial charge in [0.2, 0.25) is 5.91 Å². The smallest absolute Gasteiger partial charge is 0.328 e. The van der Waals surface area contributed by atoms with E-state index in [0.717, 1.165) is 6.08 Å². The number of para-hydroxylation sites is 1. The number of nitrogens with one attached hydrogen (secondary N) is 1. The van der Waals surface area contributed by atoms with Crippen LogP contribution < -0.4 is 5.32 Å². The Morgan fingerprint density at radius 1 is 1.40 bits per heavy atom. The lowest BCUT2D eigenvalue weighted by molar-refractivity contribution is -0.385. The molecule has 0 saturated heterocycles. The molecule has 0 aliphatic rings. The first kappa shape index (κ1) is 15.3. The molecule has 8 nitrogen and oxygen atoms in total. The number of benzene rings is 1. The summed E-state index contributed by atoms with van der Waals surface area (Å²) in [5.74, 6) is -2.15. The van der Waals surface area contributed by atoms with E-state index in [4.69, 9.17) is 10.2 Å². The number of nitro groups is 1. The predicted molar refractivity (Wildman–Crippen MR) is 68.8 cm³/mol. The second-order valence-corrected chi connectivity index (χ2v) is 3.73. The minimum atomic E-state index is -1.42. The monoisotopic (exact) mass is 280 g/mol. The van der Waals surface area contributed by atoms with E-state index in [9.17, 15) is 19.7 Å². The summed E-state index contributed by atoms with van der Waals surface area (Å²) in [6.07, 6.45) is 2.16. The fraction of sp³-hybridized carbons (Fsp3) is 0.167. The normalized spacial score (nSPS) is 12.1. The van der Waals surface area contributed by atoms with E-state index >= 15 is 0 Å². The van der Waals surface area contributed by atoms with Crippen LogP contribution in [0.2, 0.25) is 0 Å². The van der Waals surface area contributed by atoms with Crippen LogP contribution in [0.4, 0.5) is 5.69 Å². The topological polar surface area (TPSA) is 130 Å². The lowest BCUT2D eigenvalue weighted by atomic mass is 10.1. The number of aliphatic carboxylic acids is 1. The van der Waals surface area contributed by atoms with Crippen molar-refractivity contribution in [1.29, 1.82) is 0 Å². The van der Waals surface area contributed by atoms with Gasteiger partial charge in [0.1, 0.15) is 0 Å². The molecule has 1 aromatic rings. The van der Waals surface area contributed by atoms with Crippen LogP contribution in [0.3, 0.4) is 0 Å². The maximum atomic E-state index is 11.4. The molecule has 0 aliphatic carbocycles. The van der Waals surface area contributed by atoms with E-state index in [1.165, 1.54) is 24.3 Å². The molecule has 0 radical (unpaired) electrons. The quantitative estimate of drug-likeness (QED) is 0.387. The van der Waals surface area contributed by atoms with Crippen molar-refractivity contribution in [2.24, 2.45) is 0 Å². The molecule has 0 aliphatic heterocycles. The third-order valence-corrected chi connectivity index (χ3v) is 2.34. The molecule has 20 heavy (non-hydrogen) atoms. The fourth-order valence-electron chi connectivity index (χ4n) is 1.37. The van der Waals surface area contributed by atoms with Gasteiger partial charge >= 0.3 is 5.97 Å². The third kappa shape index (κ3) is 4.18. The molecule has 106 valence electrons. The van der Waals surface area contributed by atoms with Crippen molar-refractivity contribution >= 4 is 23.6 Å². The third-order valence-electron chi connectivity index (χ3n) is 2.34. The lowest BCUT2D eigenvalue weighted by Crippen LogP contribution is -2.42. The maximum Gasteiger partial charge on any atom is 0.328 e. The van der Waals surface area contributed by atoms with Crippen LogP contribution in [0.1, 0.15) is 5.56 Å². The van der Waals surface area contributed by atoms with E-state index in [1.54, 1.807) is 6.07 Å². The second-order valence-electron chi connectivity index (χ2n) is 3.73. The van der Waals surface area contributed by atoms with Gasteiger partial charge in [0.05, 0.1) is 17.1 Å². The molecule has 3 N–H and O–H groups in total. The molecule has 0 fully saturated rings. The number of nitrogens with zero attached hydrogens (tertiary/aromatic N) is 1. The van der Waals surface area contributed by atoms with Gasteiger partial charge < -0.3 is 15.5 Å². The van der Waals surface area contributed by atoms with Crippen LogP contribution >= 0.6 is 0 Å². The highest BCUT2D eigenvalue weighted by molar-refractivity contribution is 5.94. The van der Waals surface area contributed by atoms with Crippen LogP contribution in [-0.4, -0.2) is 39.7 Å². The first-order valence-electron chi connectivity index (χ1n) is 5.51. The molecular formula is C12H12N2O6. The molecule has 0 saturated carbocycles. The number of aliphatic hydroxyl groups is 1. The summed E-state index contributed by atoms with van der Waals surface area (Å²) in [5, 5.41) is 30.2. The number of carbonyl (C=O) groups excluding carboxylic acids is 1. The number of aliphatic hydroxyl groups excluding tert-OH is 1. The van der Waals surface area contributed by atoms with Gasteiger partial charge in [-0.15, -0.1) is 0 Å². The molecular weight excluding hydrogens is 268 g/mol. The van der Waals surface area contributed by atoms with Crippen molar-refractivity contribution in [3.63, 3.8) is 0 Å². The number of nitro benzene ring substituents is 1. The maximum absolute atomic E-state index is 11.4. The predicted octanol–water partition coefficient (Wildman–Crippen LogP) is 0.170. The highest BCUT2D eigenvalue weighted by Gasteiger charge is 2.17. The zero-order valence-corrected chi connectivity index (χ0v) is 10.2. The van der Waals surface area contributed by atoms with E-state index in [2.05, 4.69) is 0 Å². The Hall–Kier alpha value is -2.74. The number of carboxylic acid groups (broad SMARTS) is 1. The highest BCUT2D eigenvalue weighted by atomic mass is 16.6. The number of amides is 1. The molecule has 0 bridgehead atoms. The average Bonchev–Trinajstić information content (AvgIpc) is 2.42. The SMILES string of the molecule is O=C(/C=C/c1ccccc1[N+](=O)[O-])NC(CO)C(=O)O. The Morgan fingerprint density at radius 2 is 2.05 bits per heavy atom. The number of carboxylic acids is 1. The van der Waals surface area contributed by atoms with Gasteiger partial charge in [-0.3, -0.25) is 14.9 Å². The van der Waals surface area contributed by atoms with Gasteiger partial charge in [0.15, 0.2) is 6.04 Å². The number of hydrogen-bond donors (Lipinski definition) is 3. The van der Waals surface area contributed by atoms with Crippen molar-refractivity contribution in [2.45, 2.75) is 6.04 Å². The Bertz CT molecular complexity index is 555. The lowest BCUT2D eigenvalue weighted by Gasteiger charge is -2.09. The van der Waals surface area contributed by atoms with Gasteiger partial charge in [-0.1, -0.05) is 12.1 Å². The van der Waals surface area contributed by atoms with E-state index < -0.39 is 29.4 Å². The van der Waals surface area contributed by atoms with Crippen LogP contribution in [-0.2, 0) is 9.59 Å². The standard InChI is InChI=1S/C12H12N2O6/c15-7-9(12(17)18)13-11(16)6-5-8-3-1-2-4-10(8)14(19)20/h1-6,9,15H,7H2,(H,13,16)(H,17,18)/b6-5+. The molecule has 1 atom stereocenters. The van der Waals surface area contributed by atoms with Crippen LogP contribution in [0, 0.1) is 10.1 Å². The van der Waals surface area contributed by atoms with Crippen molar-refractivity contribution in [1.82, 2.24) is 5.32 Å². The van der Waals surface area contributed by atoms with Crippen molar-refractivity contribution in [3.05, 3.63) is 46.0 Å². The van der Waals surface area contributed by atoms with Crippen molar-refractivity contribution in [3.8, 4) is 0 Å². The van der Waals surface area contributed by atoms with Crippen LogP contribution in [0.15, 0.2) is 30.3 Å². The van der Waals surface area contributed by atoms with Gasteiger partial charge in [0, 0.05) is 12.1 Å². The Morgan fingerprint density at radius 3 is 2.60 bits per heavy atom. The largest absolute Gasteiger partial charge is 0.480 e. The van der Waals surface area contributed by atoms with Crippen LogP contribution in [0.5, 0.6) is 0 Å². The summed E-state index contributed by atoms with van der Waals surface area (Å²) in [6, 6.07) is 4.37. The second kappa shape index (κ2) is 7.00. The zero-order chi connectivity index (χ0) is 15.1. The first-order chi connectivity index (χ1) is 9.45. The first-order valence-corrected chi connectivity index (χ1v) is 5.51. The molecule has 1 unspecified atom stereocenters. The van der Waals surface area contributed by atoms with E-state index in [0.29, 0.717) is 0 Å². The molecule has 0 spiro atoms. The summed E-state index contributed by atoms with van der Waals surface area (Å²) in [7, 11) is 0. The zero-order valence-electron chi connectivity index (χ0n) is 10.2. The van der Waals surface area contributed by atoms with Gasteiger partial charge in [-0.25, -0.2) is 4.79 Å². The minimum absolute atomic E-state index is 0.173. The average molecular weight is 280 g/mol. The molecule has 1 rings (SSSR count). The Kier molecular flexibility index (Phi) is 5.36. The van der Waals surface area contributed by atoms with Gasteiger partial charge in [0.25, 0.3) is 5.69 Å². The molecule has 1 aromatic carbocycles. The van der Waals surface area contributed by atoms with Crippen molar-refractivity contribution < 1.29 is 24.7 Å². The summed E-state index contributed by atoms with van der Waals surface area (Å²) < 4.78 is 0. The molecule has 8 heteroatoms.